The van der Waals surface area contributed by atoms with Crippen LogP contribution in [0.3, 0.4) is 0 Å². The van der Waals surface area contributed by atoms with Gasteiger partial charge in [0.1, 0.15) is 11.6 Å². The minimum Gasteiger partial charge on any atom is -0.480 e. The van der Waals surface area contributed by atoms with Crippen molar-refractivity contribution in [1.29, 1.82) is 0 Å². The molecule has 1 heterocycles. The fourth-order valence-electron chi connectivity index (χ4n) is 1.88. The number of carboxylic acids is 1. The maximum Gasteiger partial charge on any atom is 0.327 e. The van der Waals surface area contributed by atoms with E-state index in [9.17, 15) is 19.5 Å². The lowest BCUT2D eigenvalue weighted by Crippen LogP contribution is -2.60. The van der Waals surface area contributed by atoms with Gasteiger partial charge in [-0.15, -0.1) is 11.8 Å². The lowest BCUT2D eigenvalue weighted by Gasteiger charge is -2.33. The Hall–Kier alpha value is -1.44. The van der Waals surface area contributed by atoms with Crippen molar-refractivity contribution in [3.05, 3.63) is 0 Å². The summed E-state index contributed by atoms with van der Waals surface area (Å²) < 4.78 is 0. The molecule has 1 aliphatic heterocycles. The van der Waals surface area contributed by atoms with E-state index in [2.05, 4.69) is 5.32 Å². The Bertz CT molecular complexity index is 425. The van der Waals surface area contributed by atoms with E-state index in [0.29, 0.717) is 5.75 Å². The van der Waals surface area contributed by atoms with Gasteiger partial charge in [-0.3, -0.25) is 9.69 Å². The van der Waals surface area contributed by atoms with Gasteiger partial charge in [-0.2, -0.15) is 0 Å². The van der Waals surface area contributed by atoms with Crippen LogP contribution in [0.4, 0.5) is 4.79 Å². The van der Waals surface area contributed by atoms with Crippen LogP contribution in [-0.4, -0.2) is 50.6 Å². The molecule has 0 saturated carbocycles. The highest BCUT2D eigenvalue weighted by molar-refractivity contribution is 8.00. The number of carbonyl (C=O) groups excluding carboxylic acids is 2. The highest BCUT2D eigenvalue weighted by Gasteiger charge is 2.44. The van der Waals surface area contributed by atoms with Crippen molar-refractivity contribution in [3.63, 3.8) is 0 Å². The van der Waals surface area contributed by atoms with Gasteiger partial charge in [0, 0.05) is 5.75 Å². The number of rotatable bonds is 4. The fourth-order valence-corrected chi connectivity index (χ4v) is 3.35. The molecule has 1 saturated heterocycles. The molecule has 1 fully saturated rings. The standard InChI is InChI=1S/C12H21N3O4S/c1-6(2)8-15(7(5-20-8)9(16)17)11(19)14-12(3,4)10(13)18/h6-8H,5H2,1-4H3,(H2,13,18)(H,14,19)(H,16,17). The first-order valence-corrected chi connectivity index (χ1v) is 7.37. The SMILES string of the molecule is CC(C)C1SCC(C(=O)O)N1C(=O)NC(C)(C)C(N)=O. The van der Waals surface area contributed by atoms with E-state index in [-0.39, 0.29) is 11.3 Å². The highest BCUT2D eigenvalue weighted by Crippen LogP contribution is 2.34. The third-order valence-electron chi connectivity index (χ3n) is 3.16. The Morgan fingerprint density at radius 2 is 1.95 bits per heavy atom. The number of carbonyl (C=O) groups is 3. The number of thioether (sulfide) groups is 1. The van der Waals surface area contributed by atoms with Crippen molar-refractivity contribution in [2.45, 2.75) is 44.6 Å². The first-order valence-electron chi connectivity index (χ1n) is 6.32. The number of amides is 3. The number of hydrogen-bond acceptors (Lipinski definition) is 4. The van der Waals surface area contributed by atoms with Gasteiger partial charge in [0.15, 0.2) is 0 Å². The van der Waals surface area contributed by atoms with Gasteiger partial charge in [-0.25, -0.2) is 9.59 Å². The summed E-state index contributed by atoms with van der Waals surface area (Å²) in [6, 6.07) is -1.47. The molecule has 1 aliphatic rings. The fraction of sp³-hybridized carbons (Fsp3) is 0.750. The van der Waals surface area contributed by atoms with E-state index in [1.54, 1.807) is 0 Å². The van der Waals surface area contributed by atoms with Crippen molar-refractivity contribution in [2.24, 2.45) is 11.7 Å². The third kappa shape index (κ3) is 3.36. The molecule has 0 aromatic carbocycles. The van der Waals surface area contributed by atoms with Crippen molar-refractivity contribution in [2.75, 3.05) is 5.75 Å². The van der Waals surface area contributed by atoms with E-state index >= 15 is 0 Å². The molecule has 2 atom stereocenters. The molecular weight excluding hydrogens is 282 g/mol. The molecule has 4 N–H and O–H groups in total. The van der Waals surface area contributed by atoms with Crippen molar-refractivity contribution in [3.8, 4) is 0 Å². The van der Waals surface area contributed by atoms with Gasteiger partial charge >= 0.3 is 12.0 Å². The predicted molar refractivity (Wildman–Crippen MR) is 76.2 cm³/mol. The lowest BCUT2D eigenvalue weighted by atomic mass is 10.1. The van der Waals surface area contributed by atoms with Crippen LogP contribution in [0.5, 0.6) is 0 Å². The Morgan fingerprint density at radius 1 is 1.40 bits per heavy atom. The molecule has 1 rings (SSSR count). The molecule has 0 aromatic heterocycles. The van der Waals surface area contributed by atoms with E-state index in [4.69, 9.17) is 5.73 Å². The average Bonchev–Trinajstić information content (AvgIpc) is 2.72. The van der Waals surface area contributed by atoms with Crippen LogP contribution in [0.25, 0.3) is 0 Å². The molecule has 8 heteroatoms. The number of nitrogens with one attached hydrogen (secondary N) is 1. The number of nitrogens with two attached hydrogens (primary N) is 1. The number of aliphatic carboxylic acids is 1. The van der Waals surface area contributed by atoms with Gasteiger partial charge < -0.3 is 16.2 Å². The second kappa shape index (κ2) is 5.90. The summed E-state index contributed by atoms with van der Waals surface area (Å²) >= 11 is 1.43. The normalized spacial score (nSPS) is 22.9. The van der Waals surface area contributed by atoms with Crippen LogP contribution in [-0.2, 0) is 9.59 Å². The van der Waals surface area contributed by atoms with Crippen LogP contribution in [0.1, 0.15) is 27.7 Å². The quantitative estimate of drug-likeness (QED) is 0.697. The summed E-state index contributed by atoms with van der Waals surface area (Å²) in [5.41, 5.74) is 3.99. The molecule has 0 spiro atoms. The van der Waals surface area contributed by atoms with Gasteiger partial charge in [0.25, 0.3) is 0 Å². The van der Waals surface area contributed by atoms with E-state index in [1.807, 2.05) is 13.8 Å². The van der Waals surface area contributed by atoms with Crippen LogP contribution in [0.15, 0.2) is 0 Å². The Morgan fingerprint density at radius 3 is 2.35 bits per heavy atom. The lowest BCUT2D eigenvalue weighted by molar-refractivity contribution is -0.141. The maximum absolute atomic E-state index is 12.3. The molecule has 0 radical (unpaired) electrons. The Balaban J connectivity index is 2.95. The summed E-state index contributed by atoms with van der Waals surface area (Å²) in [4.78, 5) is 36.1. The zero-order valence-electron chi connectivity index (χ0n) is 12.0. The number of primary amides is 1. The van der Waals surface area contributed by atoms with Crippen LogP contribution in [0, 0.1) is 5.92 Å². The second-order valence-corrected chi connectivity index (χ2v) is 6.80. The highest BCUT2D eigenvalue weighted by atomic mass is 32.2. The van der Waals surface area contributed by atoms with E-state index in [1.165, 1.54) is 30.5 Å². The molecule has 0 bridgehead atoms. The summed E-state index contributed by atoms with van der Waals surface area (Å²) in [5.74, 6) is -1.28. The summed E-state index contributed by atoms with van der Waals surface area (Å²) in [7, 11) is 0. The van der Waals surface area contributed by atoms with Gasteiger partial charge in [0.2, 0.25) is 5.91 Å². The van der Waals surface area contributed by atoms with Crippen LogP contribution >= 0.6 is 11.8 Å². The molecule has 3 amide bonds. The number of hydrogen-bond donors (Lipinski definition) is 3. The Kier molecular flexibility index (Phi) is 4.90. The smallest absolute Gasteiger partial charge is 0.327 e. The predicted octanol–water partition coefficient (Wildman–Crippen LogP) is 0.444. The van der Waals surface area contributed by atoms with Crippen LogP contribution in [0.2, 0.25) is 0 Å². The van der Waals surface area contributed by atoms with E-state index < -0.39 is 29.5 Å². The van der Waals surface area contributed by atoms with E-state index in [0.717, 1.165) is 0 Å². The Labute approximate surface area is 122 Å². The van der Waals surface area contributed by atoms with Gasteiger partial charge in [-0.05, 0) is 19.8 Å². The van der Waals surface area contributed by atoms with Crippen molar-refractivity contribution in [1.82, 2.24) is 10.2 Å². The topological polar surface area (TPSA) is 113 Å². The zero-order chi connectivity index (χ0) is 15.7. The van der Waals surface area contributed by atoms with Gasteiger partial charge in [-0.1, -0.05) is 13.8 Å². The summed E-state index contributed by atoms with van der Waals surface area (Å²) in [6.45, 7) is 6.80. The molecule has 7 nitrogen and oxygen atoms in total. The molecule has 0 aromatic rings. The minimum absolute atomic E-state index is 0.104. The average molecular weight is 303 g/mol. The molecule has 0 aliphatic carbocycles. The molecule has 20 heavy (non-hydrogen) atoms. The number of carboxylic acid groups (broad SMARTS) is 1. The van der Waals surface area contributed by atoms with Crippen molar-refractivity contribution < 1.29 is 19.5 Å². The summed E-state index contributed by atoms with van der Waals surface area (Å²) in [6.07, 6.45) is 0. The minimum atomic E-state index is -1.23. The second-order valence-electron chi connectivity index (χ2n) is 5.65. The largest absolute Gasteiger partial charge is 0.480 e. The van der Waals surface area contributed by atoms with Crippen LogP contribution < -0.4 is 11.1 Å². The molecule has 2 unspecified atom stereocenters. The third-order valence-corrected chi connectivity index (χ3v) is 4.78. The monoisotopic (exact) mass is 303 g/mol. The first kappa shape index (κ1) is 16.6. The maximum atomic E-state index is 12.3. The molecular formula is C12H21N3O4S. The number of urea groups is 1. The first-order chi connectivity index (χ1) is 9.08. The summed E-state index contributed by atoms with van der Waals surface area (Å²) in [5, 5.41) is 11.5. The van der Waals surface area contributed by atoms with Crippen molar-refractivity contribution >= 4 is 29.7 Å². The van der Waals surface area contributed by atoms with Gasteiger partial charge in [0.05, 0.1) is 5.37 Å². The number of nitrogens with zero attached hydrogens (tertiary/aromatic N) is 1. The molecule has 114 valence electrons. The zero-order valence-corrected chi connectivity index (χ0v) is 12.9.